The third kappa shape index (κ3) is 1.91. The standard InChI is InChI=1S/C11H19N3O2/c1-11(4-3-5-12-11)10(16)14-7-6-13(2)9(15)8-14/h12H,3-8H2,1-2H3. The summed E-state index contributed by atoms with van der Waals surface area (Å²) in [6.45, 7) is 4.35. The normalized spacial score (nSPS) is 31.0. The maximum absolute atomic E-state index is 12.3. The van der Waals surface area contributed by atoms with Crippen LogP contribution in [0.3, 0.4) is 0 Å². The average Bonchev–Trinajstić information content (AvgIpc) is 2.70. The molecule has 1 unspecified atom stereocenters. The summed E-state index contributed by atoms with van der Waals surface area (Å²) in [5, 5.41) is 3.24. The fraction of sp³-hybridized carbons (Fsp3) is 0.818. The van der Waals surface area contributed by atoms with Crippen LogP contribution in [0, 0.1) is 0 Å². The zero-order chi connectivity index (χ0) is 11.8. The largest absolute Gasteiger partial charge is 0.342 e. The van der Waals surface area contributed by atoms with E-state index in [1.165, 1.54) is 0 Å². The maximum Gasteiger partial charge on any atom is 0.243 e. The highest BCUT2D eigenvalue weighted by molar-refractivity contribution is 5.91. The highest BCUT2D eigenvalue weighted by atomic mass is 16.2. The van der Waals surface area contributed by atoms with Crippen molar-refractivity contribution in [1.29, 1.82) is 0 Å². The van der Waals surface area contributed by atoms with Crippen molar-refractivity contribution in [3.63, 3.8) is 0 Å². The Kier molecular flexibility index (Phi) is 2.88. The summed E-state index contributed by atoms with van der Waals surface area (Å²) in [4.78, 5) is 27.2. The number of nitrogens with zero attached hydrogens (tertiary/aromatic N) is 2. The van der Waals surface area contributed by atoms with Crippen molar-refractivity contribution in [1.82, 2.24) is 15.1 Å². The van der Waals surface area contributed by atoms with Crippen molar-refractivity contribution in [2.75, 3.05) is 33.2 Å². The Bertz CT molecular complexity index is 310. The highest BCUT2D eigenvalue weighted by Gasteiger charge is 2.40. The SMILES string of the molecule is CN1CCN(C(=O)C2(C)CCCN2)CC1=O. The lowest BCUT2D eigenvalue weighted by Crippen LogP contribution is -2.58. The summed E-state index contributed by atoms with van der Waals surface area (Å²) in [5.74, 6) is 0.104. The maximum atomic E-state index is 12.3. The van der Waals surface area contributed by atoms with Gasteiger partial charge in [0.1, 0.15) is 0 Å². The van der Waals surface area contributed by atoms with Crippen LogP contribution in [-0.2, 0) is 9.59 Å². The molecule has 0 aromatic heterocycles. The molecule has 2 rings (SSSR count). The minimum absolute atomic E-state index is 0.0289. The Morgan fingerprint density at radius 3 is 2.75 bits per heavy atom. The van der Waals surface area contributed by atoms with Crippen LogP contribution in [0.25, 0.3) is 0 Å². The van der Waals surface area contributed by atoms with Gasteiger partial charge in [0.2, 0.25) is 11.8 Å². The molecule has 90 valence electrons. The molecule has 5 heteroatoms. The summed E-state index contributed by atoms with van der Waals surface area (Å²) in [5.41, 5.74) is -0.448. The number of carbonyl (C=O) groups excluding carboxylic acids is 2. The molecule has 1 atom stereocenters. The second-order valence-corrected chi connectivity index (χ2v) is 4.90. The van der Waals surface area contributed by atoms with Gasteiger partial charge in [-0.15, -0.1) is 0 Å². The fourth-order valence-electron chi connectivity index (χ4n) is 2.36. The number of carbonyl (C=O) groups is 2. The minimum atomic E-state index is -0.448. The number of hydrogen-bond acceptors (Lipinski definition) is 3. The first-order chi connectivity index (χ1) is 7.53. The fourth-order valence-corrected chi connectivity index (χ4v) is 2.36. The molecule has 16 heavy (non-hydrogen) atoms. The van der Waals surface area contributed by atoms with Crippen LogP contribution >= 0.6 is 0 Å². The van der Waals surface area contributed by atoms with E-state index < -0.39 is 5.54 Å². The first-order valence-corrected chi connectivity index (χ1v) is 5.81. The molecule has 2 amide bonds. The molecule has 2 aliphatic heterocycles. The number of piperazine rings is 1. The van der Waals surface area contributed by atoms with Crippen molar-refractivity contribution in [2.24, 2.45) is 0 Å². The van der Waals surface area contributed by atoms with Crippen LogP contribution in [0.15, 0.2) is 0 Å². The molecule has 0 aromatic carbocycles. The van der Waals surface area contributed by atoms with Crippen molar-refractivity contribution in [3.8, 4) is 0 Å². The summed E-state index contributed by atoms with van der Waals surface area (Å²) in [7, 11) is 1.78. The predicted molar refractivity (Wildman–Crippen MR) is 59.9 cm³/mol. The second kappa shape index (κ2) is 4.05. The molecule has 2 heterocycles. The molecule has 0 aromatic rings. The summed E-state index contributed by atoms with van der Waals surface area (Å²) in [6.07, 6.45) is 1.90. The first-order valence-electron chi connectivity index (χ1n) is 5.81. The third-order valence-corrected chi connectivity index (χ3v) is 3.59. The smallest absolute Gasteiger partial charge is 0.243 e. The van der Waals surface area contributed by atoms with E-state index >= 15 is 0 Å². The summed E-state index contributed by atoms with van der Waals surface area (Å²) in [6, 6.07) is 0. The predicted octanol–water partition coefficient (Wildman–Crippen LogP) is -0.571. The van der Waals surface area contributed by atoms with Crippen LogP contribution in [0.4, 0.5) is 0 Å². The topological polar surface area (TPSA) is 52.6 Å². The van der Waals surface area contributed by atoms with Gasteiger partial charge in [-0.1, -0.05) is 0 Å². The van der Waals surface area contributed by atoms with E-state index in [4.69, 9.17) is 0 Å². The van der Waals surface area contributed by atoms with E-state index in [2.05, 4.69) is 5.32 Å². The van der Waals surface area contributed by atoms with Crippen LogP contribution < -0.4 is 5.32 Å². The van der Waals surface area contributed by atoms with Gasteiger partial charge in [0.05, 0.1) is 12.1 Å². The molecule has 2 saturated heterocycles. The van der Waals surface area contributed by atoms with Gasteiger partial charge in [-0.05, 0) is 26.3 Å². The molecule has 2 fully saturated rings. The van der Waals surface area contributed by atoms with Crippen molar-refractivity contribution >= 4 is 11.8 Å². The van der Waals surface area contributed by atoms with Crippen molar-refractivity contribution < 1.29 is 9.59 Å². The molecule has 2 aliphatic rings. The molecule has 5 nitrogen and oxygen atoms in total. The van der Waals surface area contributed by atoms with Gasteiger partial charge in [-0.3, -0.25) is 9.59 Å². The highest BCUT2D eigenvalue weighted by Crippen LogP contribution is 2.21. The quantitative estimate of drug-likeness (QED) is 0.650. The van der Waals surface area contributed by atoms with Gasteiger partial charge in [0.25, 0.3) is 0 Å². The van der Waals surface area contributed by atoms with Crippen molar-refractivity contribution in [2.45, 2.75) is 25.3 Å². The molecular formula is C11H19N3O2. The van der Waals surface area contributed by atoms with E-state index in [-0.39, 0.29) is 18.4 Å². The number of hydrogen-bond donors (Lipinski definition) is 1. The van der Waals surface area contributed by atoms with E-state index in [1.807, 2.05) is 6.92 Å². The van der Waals surface area contributed by atoms with Crippen molar-refractivity contribution in [3.05, 3.63) is 0 Å². The van der Waals surface area contributed by atoms with Crippen LogP contribution in [0.1, 0.15) is 19.8 Å². The molecule has 0 bridgehead atoms. The Balaban J connectivity index is 2.02. The van der Waals surface area contributed by atoms with Crippen LogP contribution in [0.5, 0.6) is 0 Å². The van der Waals surface area contributed by atoms with E-state index in [0.717, 1.165) is 19.4 Å². The zero-order valence-electron chi connectivity index (χ0n) is 9.95. The van der Waals surface area contributed by atoms with Gasteiger partial charge < -0.3 is 15.1 Å². The molecule has 0 saturated carbocycles. The number of amides is 2. The van der Waals surface area contributed by atoms with Crippen LogP contribution in [0.2, 0.25) is 0 Å². The zero-order valence-corrected chi connectivity index (χ0v) is 9.95. The van der Waals surface area contributed by atoms with Crippen LogP contribution in [-0.4, -0.2) is 60.4 Å². The number of likely N-dealkylation sites (N-methyl/N-ethyl adjacent to an activating group) is 1. The lowest BCUT2D eigenvalue weighted by molar-refractivity contribution is -0.147. The summed E-state index contributed by atoms with van der Waals surface area (Å²) >= 11 is 0. The average molecular weight is 225 g/mol. The molecule has 0 spiro atoms. The van der Waals surface area contributed by atoms with E-state index in [0.29, 0.717) is 13.1 Å². The molecular weight excluding hydrogens is 206 g/mol. The monoisotopic (exact) mass is 225 g/mol. The molecule has 0 aliphatic carbocycles. The Hall–Kier alpha value is -1.10. The first kappa shape index (κ1) is 11.4. The summed E-state index contributed by atoms with van der Waals surface area (Å²) < 4.78 is 0. The van der Waals surface area contributed by atoms with Gasteiger partial charge in [0, 0.05) is 20.1 Å². The Morgan fingerprint density at radius 1 is 1.44 bits per heavy atom. The Labute approximate surface area is 95.8 Å². The number of nitrogens with one attached hydrogen (secondary N) is 1. The lowest BCUT2D eigenvalue weighted by Gasteiger charge is -2.36. The van der Waals surface area contributed by atoms with Gasteiger partial charge >= 0.3 is 0 Å². The van der Waals surface area contributed by atoms with Gasteiger partial charge in [-0.25, -0.2) is 0 Å². The third-order valence-electron chi connectivity index (χ3n) is 3.59. The van der Waals surface area contributed by atoms with Gasteiger partial charge in [-0.2, -0.15) is 0 Å². The van der Waals surface area contributed by atoms with E-state index in [9.17, 15) is 9.59 Å². The molecule has 0 radical (unpaired) electrons. The minimum Gasteiger partial charge on any atom is -0.342 e. The van der Waals surface area contributed by atoms with Gasteiger partial charge in [0.15, 0.2) is 0 Å². The Morgan fingerprint density at radius 2 is 2.19 bits per heavy atom. The lowest BCUT2D eigenvalue weighted by atomic mass is 9.98. The number of rotatable bonds is 1. The molecule has 1 N–H and O–H groups in total. The second-order valence-electron chi connectivity index (χ2n) is 4.90. The van der Waals surface area contributed by atoms with E-state index in [1.54, 1.807) is 16.8 Å².